The van der Waals surface area contributed by atoms with E-state index in [4.69, 9.17) is 0 Å². The Bertz CT molecular complexity index is 979. The number of ketones is 1. The fourth-order valence-corrected chi connectivity index (χ4v) is 5.67. The van der Waals surface area contributed by atoms with E-state index < -0.39 is 9.84 Å². The van der Waals surface area contributed by atoms with E-state index in [0.717, 1.165) is 11.3 Å². The Morgan fingerprint density at radius 2 is 1.93 bits per heavy atom. The third kappa shape index (κ3) is 5.48. The molecule has 0 saturated carbocycles. The zero-order valence-corrected chi connectivity index (χ0v) is 17.7. The van der Waals surface area contributed by atoms with Crippen molar-refractivity contribution in [1.29, 1.82) is 0 Å². The number of hydrogen-bond donors (Lipinski definition) is 1. The van der Waals surface area contributed by atoms with Gasteiger partial charge in [0.2, 0.25) is 5.91 Å². The van der Waals surface area contributed by atoms with Crippen molar-refractivity contribution in [2.45, 2.75) is 45.3 Å². The van der Waals surface area contributed by atoms with Gasteiger partial charge >= 0.3 is 0 Å². The Morgan fingerprint density at radius 3 is 2.64 bits per heavy atom. The maximum Gasteiger partial charge on any atom is 0.226 e. The Labute approximate surface area is 169 Å². The molecule has 1 N–H and O–H groups in total. The minimum atomic E-state index is -3.26. The summed E-state index contributed by atoms with van der Waals surface area (Å²) >= 11 is 1.20. The zero-order chi connectivity index (χ0) is 20.4. The van der Waals surface area contributed by atoms with E-state index in [2.05, 4.69) is 10.3 Å². The summed E-state index contributed by atoms with van der Waals surface area (Å²) in [6.07, 6.45) is 1.53. The van der Waals surface area contributed by atoms with Gasteiger partial charge in [0.05, 0.1) is 22.1 Å². The van der Waals surface area contributed by atoms with Crippen LogP contribution in [0.1, 0.15) is 54.0 Å². The standard InChI is InChI=1S/C20H24N2O4S2/c1-20(2)11-15-18(16(23)12-20)27-19(21-15)22-17(24)9-6-10-28(25,26)13-14-7-4-3-5-8-14/h3-5,7-8H,6,9-13H2,1-2H3,(H,21,22,24). The van der Waals surface area contributed by atoms with Crippen LogP contribution in [0, 0.1) is 5.41 Å². The molecule has 0 bridgehead atoms. The van der Waals surface area contributed by atoms with E-state index in [-0.39, 0.29) is 41.5 Å². The number of rotatable bonds is 7. The molecule has 28 heavy (non-hydrogen) atoms. The molecule has 1 heterocycles. The zero-order valence-electron chi connectivity index (χ0n) is 16.0. The number of carbonyl (C=O) groups is 2. The number of carbonyl (C=O) groups excluding carboxylic acids is 2. The van der Waals surface area contributed by atoms with Crippen molar-refractivity contribution in [3.05, 3.63) is 46.5 Å². The van der Waals surface area contributed by atoms with E-state index in [1.807, 2.05) is 19.9 Å². The third-order valence-corrected chi connectivity index (χ3v) is 7.31. The molecule has 1 aliphatic rings. The normalized spacial score (nSPS) is 15.9. The lowest BCUT2D eigenvalue weighted by Gasteiger charge is -2.26. The highest BCUT2D eigenvalue weighted by Gasteiger charge is 2.34. The van der Waals surface area contributed by atoms with Crippen LogP contribution in [0.2, 0.25) is 0 Å². The summed E-state index contributed by atoms with van der Waals surface area (Å²) in [4.78, 5) is 29.4. The third-order valence-electron chi connectivity index (χ3n) is 4.57. The summed E-state index contributed by atoms with van der Waals surface area (Å²) in [6, 6.07) is 9.00. The van der Waals surface area contributed by atoms with Gasteiger partial charge in [0.15, 0.2) is 20.8 Å². The number of hydrogen-bond acceptors (Lipinski definition) is 6. The smallest absolute Gasteiger partial charge is 0.226 e. The molecule has 0 unspecified atom stereocenters. The molecular weight excluding hydrogens is 396 g/mol. The van der Waals surface area contributed by atoms with Crippen molar-refractivity contribution in [3.8, 4) is 0 Å². The fraction of sp³-hybridized carbons (Fsp3) is 0.450. The fourth-order valence-electron chi connectivity index (χ4n) is 3.31. The van der Waals surface area contributed by atoms with Gasteiger partial charge in [0.25, 0.3) is 0 Å². The summed E-state index contributed by atoms with van der Waals surface area (Å²) in [5.41, 5.74) is 1.37. The predicted octanol–water partition coefficient (Wildman–Crippen LogP) is 3.63. The van der Waals surface area contributed by atoms with Crippen molar-refractivity contribution >= 4 is 38.0 Å². The molecular formula is C20H24N2O4S2. The molecule has 3 rings (SSSR count). The Hall–Kier alpha value is -2.06. The monoisotopic (exact) mass is 420 g/mol. The first-order valence-corrected chi connectivity index (χ1v) is 11.8. The highest BCUT2D eigenvalue weighted by Crippen LogP contribution is 2.38. The summed E-state index contributed by atoms with van der Waals surface area (Å²) in [5, 5.41) is 3.11. The van der Waals surface area contributed by atoms with Crippen molar-refractivity contribution in [3.63, 3.8) is 0 Å². The maximum absolute atomic E-state index is 12.2. The van der Waals surface area contributed by atoms with Crippen LogP contribution in [0.3, 0.4) is 0 Å². The van der Waals surface area contributed by atoms with Gasteiger partial charge < -0.3 is 5.32 Å². The van der Waals surface area contributed by atoms with Crippen LogP contribution in [-0.2, 0) is 26.8 Å². The number of Topliss-reactive ketones (excluding diaryl/α,β-unsaturated/α-hetero) is 1. The van der Waals surface area contributed by atoms with Crippen LogP contribution in [0.15, 0.2) is 30.3 Å². The van der Waals surface area contributed by atoms with Gasteiger partial charge in [-0.05, 0) is 23.8 Å². The lowest BCUT2D eigenvalue weighted by atomic mass is 9.78. The van der Waals surface area contributed by atoms with Gasteiger partial charge in [-0.25, -0.2) is 13.4 Å². The number of nitrogens with zero attached hydrogens (tertiary/aromatic N) is 1. The molecule has 6 nitrogen and oxygen atoms in total. The Balaban J connectivity index is 1.51. The lowest BCUT2D eigenvalue weighted by Crippen LogP contribution is -2.26. The molecule has 8 heteroatoms. The largest absolute Gasteiger partial charge is 0.302 e. The highest BCUT2D eigenvalue weighted by molar-refractivity contribution is 7.90. The second kappa shape index (κ2) is 8.13. The number of fused-ring (bicyclic) bond motifs is 1. The predicted molar refractivity (Wildman–Crippen MR) is 110 cm³/mol. The molecule has 2 aromatic rings. The summed E-state index contributed by atoms with van der Waals surface area (Å²) in [6.45, 7) is 4.06. The van der Waals surface area contributed by atoms with E-state index in [9.17, 15) is 18.0 Å². The number of nitrogens with one attached hydrogen (secondary N) is 1. The van der Waals surface area contributed by atoms with E-state index >= 15 is 0 Å². The molecule has 150 valence electrons. The molecule has 1 aromatic carbocycles. The molecule has 0 atom stereocenters. The molecule has 0 fully saturated rings. The molecule has 1 aliphatic carbocycles. The number of aromatic nitrogens is 1. The van der Waals surface area contributed by atoms with E-state index in [1.165, 1.54) is 11.3 Å². The number of anilines is 1. The molecule has 0 radical (unpaired) electrons. The lowest BCUT2D eigenvalue weighted by molar-refractivity contribution is -0.116. The average Bonchev–Trinajstić information content (AvgIpc) is 2.96. The number of amides is 1. The van der Waals surface area contributed by atoms with Crippen molar-refractivity contribution in [2.24, 2.45) is 5.41 Å². The van der Waals surface area contributed by atoms with Gasteiger partial charge in [-0.2, -0.15) is 0 Å². The molecule has 0 spiro atoms. The molecule has 1 amide bonds. The topological polar surface area (TPSA) is 93.2 Å². The van der Waals surface area contributed by atoms with Crippen LogP contribution in [0.4, 0.5) is 5.13 Å². The first-order chi connectivity index (χ1) is 13.1. The van der Waals surface area contributed by atoms with Crippen molar-refractivity contribution in [2.75, 3.05) is 11.1 Å². The summed E-state index contributed by atoms with van der Waals surface area (Å²) in [7, 11) is -3.26. The van der Waals surface area contributed by atoms with Crippen LogP contribution < -0.4 is 5.32 Å². The van der Waals surface area contributed by atoms with Crippen LogP contribution in [-0.4, -0.2) is 30.8 Å². The minimum absolute atomic E-state index is 0.0213. The number of benzene rings is 1. The minimum Gasteiger partial charge on any atom is -0.302 e. The molecule has 1 aromatic heterocycles. The second-order valence-corrected chi connectivity index (χ2v) is 11.1. The van der Waals surface area contributed by atoms with Crippen LogP contribution >= 0.6 is 11.3 Å². The molecule has 0 aliphatic heterocycles. The quantitative estimate of drug-likeness (QED) is 0.738. The van der Waals surface area contributed by atoms with Crippen LogP contribution in [0.5, 0.6) is 0 Å². The van der Waals surface area contributed by atoms with Gasteiger partial charge in [-0.3, -0.25) is 9.59 Å². The summed E-state index contributed by atoms with van der Waals surface area (Å²) < 4.78 is 24.4. The summed E-state index contributed by atoms with van der Waals surface area (Å²) in [5.74, 6) is -0.285. The van der Waals surface area contributed by atoms with Gasteiger partial charge in [0.1, 0.15) is 0 Å². The average molecular weight is 421 g/mol. The Morgan fingerprint density at radius 1 is 1.21 bits per heavy atom. The first-order valence-electron chi connectivity index (χ1n) is 9.21. The number of sulfone groups is 1. The van der Waals surface area contributed by atoms with Crippen molar-refractivity contribution < 1.29 is 18.0 Å². The first kappa shape index (κ1) is 20.7. The Kier molecular flexibility index (Phi) is 6.00. The highest BCUT2D eigenvalue weighted by atomic mass is 32.2. The van der Waals surface area contributed by atoms with Gasteiger partial charge in [-0.15, -0.1) is 0 Å². The van der Waals surface area contributed by atoms with E-state index in [0.29, 0.717) is 22.9 Å². The maximum atomic E-state index is 12.2. The van der Waals surface area contributed by atoms with E-state index in [1.54, 1.807) is 24.3 Å². The second-order valence-electron chi connectivity index (χ2n) is 7.97. The van der Waals surface area contributed by atoms with Crippen molar-refractivity contribution in [1.82, 2.24) is 4.98 Å². The SMILES string of the molecule is CC1(C)CC(=O)c2sc(NC(=O)CCCS(=O)(=O)Cc3ccccc3)nc2C1. The van der Waals surface area contributed by atoms with Crippen LogP contribution in [0.25, 0.3) is 0 Å². The van der Waals surface area contributed by atoms with Gasteiger partial charge in [-0.1, -0.05) is 55.5 Å². The molecule has 0 saturated heterocycles. The van der Waals surface area contributed by atoms with Gasteiger partial charge in [0, 0.05) is 12.8 Å². The number of thiazole rings is 1.